The Labute approximate surface area is 115 Å². The van der Waals surface area contributed by atoms with E-state index in [1.54, 1.807) is 0 Å². The SMILES string of the molecule is CCC(C)N1CCN(c2cc(C#N)cc(C)n2)CC1. The van der Waals surface area contributed by atoms with E-state index in [1.807, 2.05) is 19.1 Å². The van der Waals surface area contributed by atoms with E-state index in [4.69, 9.17) is 5.26 Å². The molecule has 2 rings (SSSR count). The van der Waals surface area contributed by atoms with Crippen molar-refractivity contribution in [3.05, 3.63) is 23.4 Å². The van der Waals surface area contributed by atoms with E-state index in [0.29, 0.717) is 11.6 Å². The summed E-state index contributed by atoms with van der Waals surface area (Å²) < 4.78 is 0. The highest BCUT2D eigenvalue weighted by molar-refractivity contribution is 5.47. The smallest absolute Gasteiger partial charge is 0.130 e. The summed E-state index contributed by atoms with van der Waals surface area (Å²) in [6, 6.07) is 6.59. The largest absolute Gasteiger partial charge is 0.354 e. The Hall–Kier alpha value is -1.60. The number of piperazine rings is 1. The Morgan fingerprint density at radius 1 is 1.32 bits per heavy atom. The molecule has 1 atom stereocenters. The van der Waals surface area contributed by atoms with Crippen molar-refractivity contribution in [3.63, 3.8) is 0 Å². The summed E-state index contributed by atoms with van der Waals surface area (Å²) in [6.45, 7) is 10.6. The summed E-state index contributed by atoms with van der Waals surface area (Å²) in [6.07, 6.45) is 1.20. The Bertz CT molecular complexity index is 470. The molecule has 1 aromatic rings. The molecule has 0 amide bonds. The number of hydrogen-bond acceptors (Lipinski definition) is 4. The summed E-state index contributed by atoms with van der Waals surface area (Å²) in [5.74, 6) is 0.945. The molecule has 0 radical (unpaired) electrons. The van der Waals surface area contributed by atoms with E-state index < -0.39 is 0 Å². The van der Waals surface area contributed by atoms with Gasteiger partial charge in [-0.15, -0.1) is 0 Å². The third kappa shape index (κ3) is 3.24. The van der Waals surface area contributed by atoms with Gasteiger partial charge in [-0.25, -0.2) is 4.98 Å². The number of pyridine rings is 1. The normalized spacial score (nSPS) is 18.1. The number of aryl methyl sites for hydroxylation is 1. The second-order valence-corrected chi connectivity index (χ2v) is 5.25. The minimum Gasteiger partial charge on any atom is -0.354 e. The molecule has 4 heteroatoms. The average Bonchev–Trinajstić information content (AvgIpc) is 2.46. The molecule has 1 unspecified atom stereocenters. The molecule has 1 saturated heterocycles. The van der Waals surface area contributed by atoms with Crippen LogP contribution in [-0.4, -0.2) is 42.1 Å². The van der Waals surface area contributed by atoms with Crippen LogP contribution in [0.15, 0.2) is 12.1 Å². The third-order valence-corrected chi connectivity index (χ3v) is 3.92. The van der Waals surface area contributed by atoms with Crippen molar-refractivity contribution in [2.75, 3.05) is 31.1 Å². The number of anilines is 1. The minimum absolute atomic E-state index is 0.655. The van der Waals surface area contributed by atoms with Gasteiger partial charge < -0.3 is 4.90 Å². The van der Waals surface area contributed by atoms with E-state index in [1.165, 1.54) is 6.42 Å². The first-order chi connectivity index (χ1) is 9.13. The Balaban J connectivity index is 2.06. The Morgan fingerprint density at radius 3 is 2.58 bits per heavy atom. The lowest BCUT2D eigenvalue weighted by Crippen LogP contribution is -2.49. The lowest BCUT2D eigenvalue weighted by atomic mass is 10.2. The fourth-order valence-electron chi connectivity index (χ4n) is 2.53. The maximum absolute atomic E-state index is 9.03. The van der Waals surface area contributed by atoms with Crippen LogP contribution in [0.1, 0.15) is 31.5 Å². The van der Waals surface area contributed by atoms with Crippen molar-refractivity contribution >= 4 is 5.82 Å². The Kier molecular flexibility index (Phi) is 4.39. The van der Waals surface area contributed by atoms with E-state index in [-0.39, 0.29) is 0 Å². The van der Waals surface area contributed by atoms with Gasteiger partial charge in [0.1, 0.15) is 5.82 Å². The van der Waals surface area contributed by atoms with Gasteiger partial charge in [-0.2, -0.15) is 5.26 Å². The van der Waals surface area contributed by atoms with Gasteiger partial charge in [-0.05, 0) is 32.4 Å². The molecule has 0 aromatic carbocycles. The van der Waals surface area contributed by atoms with Crippen molar-refractivity contribution < 1.29 is 0 Å². The van der Waals surface area contributed by atoms with Crippen LogP contribution in [0.4, 0.5) is 5.82 Å². The molecule has 2 heterocycles. The molecular formula is C15H22N4. The number of nitrogens with zero attached hydrogens (tertiary/aromatic N) is 4. The first-order valence-electron chi connectivity index (χ1n) is 7.01. The molecule has 102 valence electrons. The predicted molar refractivity (Wildman–Crippen MR) is 77.2 cm³/mol. The summed E-state index contributed by atoms with van der Waals surface area (Å²) in [4.78, 5) is 9.36. The average molecular weight is 258 g/mol. The number of nitriles is 1. The maximum Gasteiger partial charge on any atom is 0.130 e. The molecule has 0 aliphatic carbocycles. The lowest BCUT2D eigenvalue weighted by Gasteiger charge is -2.38. The van der Waals surface area contributed by atoms with Crippen molar-refractivity contribution in [3.8, 4) is 6.07 Å². The van der Waals surface area contributed by atoms with E-state index >= 15 is 0 Å². The number of rotatable bonds is 3. The monoisotopic (exact) mass is 258 g/mol. The van der Waals surface area contributed by atoms with Gasteiger partial charge in [-0.3, -0.25) is 4.90 Å². The van der Waals surface area contributed by atoms with Crippen LogP contribution in [0.25, 0.3) is 0 Å². The highest BCUT2D eigenvalue weighted by Crippen LogP contribution is 2.18. The van der Waals surface area contributed by atoms with Crippen LogP contribution in [0, 0.1) is 18.3 Å². The molecule has 0 saturated carbocycles. The third-order valence-electron chi connectivity index (χ3n) is 3.92. The van der Waals surface area contributed by atoms with Gasteiger partial charge in [0.25, 0.3) is 0 Å². The second kappa shape index (κ2) is 6.03. The first-order valence-corrected chi connectivity index (χ1v) is 7.01. The zero-order chi connectivity index (χ0) is 13.8. The van der Waals surface area contributed by atoms with Gasteiger partial charge in [0.15, 0.2) is 0 Å². The van der Waals surface area contributed by atoms with E-state index in [0.717, 1.165) is 37.7 Å². The fourth-order valence-corrected chi connectivity index (χ4v) is 2.53. The van der Waals surface area contributed by atoms with Gasteiger partial charge in [0.05, 0.1) is 11.6 Å². The quantitative estimate of drug-likeness (QED) is 0.833. The summed E-state index contributed by atoms with van der Waals surface area (Å²) in [7, 11) is 0. The van der Waals surface area contributed by atoms with Crippen molar-refractivity contribution in [1.29, 1.82) is 5.26 Å². The molecule has 0 N–H and O–H groups in total. The summed E-state index contributed by atoms with van der Waals surface area (Å²) in [5.41, 5.74) is 1.62. The van der Waals surface area contributed by atoms with E-state index in [2.05, 4.69) is 34.7 Å². The highest BCUT2D eigenvalue weighted by Gasteiger charge is 2.21. The van der Waals surface area contributed by atoms with Crippen LogP contribution < -0.4 is 4.90 Å². The second-order valence-electron chi connectivity index (χ2n) is 5.25. The highest BCUT2D eigenvalue weighted by atomic mass is 15.3. The lowest BCUT2D eigenvalue weighted by molar-refractivity contribution is 0.192. The summed E-state index contributed by atoms with van der Waals surface area (Å²) in [5, 5.41) is 9.03. The van der Waals surface area contributed by atoms with Crippen LogP contribution in [-0.2, 0) is 0 Å². The molecule has 1 aliphatic rings. The molecule has 19 heavy (non-hydrogen) atoms. The molecular weight excluding hydrogens is 236 g/mol. The molecule has 1 aromatic heterocycles. The number of hydrogen-bond donors (Lipinski definition) is 0. The van der Waals surface area contributed by atoms with Gasteiger partial charge in [0, 0.05) is 37.9 Å². The van der Waals surface area contributed by atoms with Crippen LogP contribution in [0.3, 0.4) is 0 Å². The standard InChI is InChI=1S/C15H22N4/c1-4-13(3)18-5-7-19(8-6-18)15-10-14(11-16)9-12(2)17-15/h9-10,13H,4-8H2,1-3H3. The van der Waals surface area contributed by atoms with Gasteiger partial charge in [0.2, 0.25) is 0 Å². The van der Waals surface area contributed by atoms with Crippen LogP contribution >= 0.6 is 0 Å². The number of aromatic nitrogens is 1. The predicted octanol–water partition coefficient (Wildman–Crippen LogP) is 2.18. The van der Waals surface area contributed by atoms with Gasteiger partial charge in [-0.1, -0.05) is 6.92 Å². The topological polar surface area (TPSA) is 43.2 Å². The van der Waals surface area contributed by atoms with Crippen molar-refractivity contribution in [2.45, 2.75) is 33.2 Å². The molecule has 1 fully saturated rings. The molecule has 1 aliphatic heterocycles. The van der Waals surface area contributed by atoms with Crippen LogP contribution in [0.5, 0.6) is 0 Å². The Morgan fingerprint density at radius 2 is 2.00 bits per heavy atom. The van der Waals surface area contributed by atoms with Crippen molar-refractivity contribution in [1.82, 2.24) is 9.88 Å². The molecule has 0 spiro atoms. The van der Waals surface area contributed by atoms with E-state index in [9.17, 15) is 0 Å². The fraction of sp³-hybridized carbons (Fsp3) is 0.600. The van der Waals surface area contributed by atoms with Crippen molar-refractivity contribution in [2.24, 2.45) is 0 Å². The molecule has 4 nitrogen and oxygen atoms in total. The molecule has 0 bridgehead atoms. The first kappa shape index (κ1) is 13.8. The zero-order valence-corrected chi connectivity index (χ0v) is 12.1. The zero-order valence-electron chi connectivity index (χ0n) is 12.1. The minimum atomic E-state index is 0.655. The maximum atomic E-state index is 9.03. The van der Waals surface area contributed by atoms with Gasteiger partial charge >= 0.3 is 0 Å². The summed E-state index contributed by atoms with van der Waals surface area (Å²) >= 11 is 0. The van der Waals surface area contributed by atoms with Crippen LogP contribution in [0.2, 0.25) is 0 Å².